The molecule has 0 aliphatic carbocycles. The smallest absolute Gasteiger partial charge is 0.0478 e. The van der Waals surface area contributed by atoms with E-state index in [0.29, 0.717) is 0 Å². The molecule has 0 aliphatic rings. The summed E-state index contributed by atoms with van der Waals surface area (Å²) < 4.78 is 0. The minimum Gasteiger partial charge on any atom is -0.243 e. The Bertz CT molecular complexity index is 327. The average Bonchev–Trinajstić information content (AvgIpc) is 2.08. The fourth-order valence-electron chi connectivity index (χ4n) is 1.31. The lowest BCUT2D eigenvalue weighted by molar-refractivity contribution is 0.330. The van der Waals surface area contributed by atoms with Crippen LogP contribution in [0.2, 0.25) is 0 Å². The molecule has 90 valence electrons. The molecule has 0 aromatic heterocycles. The zero-order valence-corrected chi connectivity index (χ0v) is 11.5. The molecule has 0 rings (SSSR count). The molecular formula is C14H24N2. The Labute approximate surface area is 100 Å². The standard InChI is InChI=1S/C14H24N2/c1-9-15-16(12(4)5)13(10-11(2)3)14(6,7)8/h9-10H,2,4H2,1,3,5-8H3/b13-10-,15-9-. The van der Waals surface area contributed by atoms with Gasteiger partial charge in [0, 0.05) is 23.0 Å². The minimum absolute atomic E-state index is 0.00438. The quantitative estimate of drug-likeness (QED) is 0.391. The highest BCUT2D eigenvalue weighted by Gasteiger charge is 2.23. The Hall–Kier alpha value is -1.31. The number of hydrogen-bond acceptors (Lipinski definition) is 2. The fraction of sp³-hybridized carbons (Fsp3) is 0.500. The lowest BCUT2D eigenvalue weighted by Gasteiger charge is -2.31. The van der Waals surface area contributed by atoms with Crippen LogP contribution in [0.25, 0.3) is 0 Å². The van der Waals surface area contributed by atoms with Crippen molar-refractivity contribution in [2.24, 2.45) is 10.5 Å². The maximum absolute atomic E-state index is 4.34. The first kappa shape index (κ1) is 14.7. The zero-order valence-electron chi connectivity index (χ0n) is 11.5. The Morgan fingerprint density at radius 3 is 1.94 bits per heavy atom. The molecule has 2 heteroatoms. The lowest BCUT2D eigenvalue weighted by Crippen LogP contribution is -2.25. The first-order valence-electron chi connectivity index (χ1n) is 5.52. The van der Waals surface area contributed by atoms with Gasteiger partial charge < -0.3 is 0 Å². The fourth-order valence-corrected chi connectivity index (χ4v) is 1.31. The van der Waals surface area contributed by atoms with Crippen LogP contribution in [0.15, 0.2) is 41.3 Å². The Kier molecular flexibility index (Phi) is 5.22. The van der Waals surface area contributed by atoms with Crippen molar-refractivity contribution in [2.75, 3.05) is 0 Å². The van der Waals surface area contributed by atoms with Gasteiger partial charge in [-0.1, -0.05) is 39.5 Å². The van der Waals surface area contributed by atoms with Crippen LogP contribution >= 0.6 is 0 Å². The summed E-state index contributed by atoms with van der Waals surface area (Å²) in [5, 5.41) is 6.21. The Balaban J connectivity index is 5.48. The summed E-state index contributed by atoms with van der Waals surface area (Å²) in [6.45, 7) is 20.2. The van der Waals surface area contributed by atoms with E-state index in [0.717, 1.165) is 17.0 Å². The summed E-state index contributed by atoms with van der Waals surface area (Å²) in [5.74, 6) is 0. The van der Waals surface area contributed by atoms with Gasteiger partial charge in [0.25, 0.3) is 0 Å². The van der Waals surface area contributed by atoms with E-state index in [4.69, 9.17) is 0 Å². The molecule has 0 aromatic carbocycles. The number of hydrogen-bond donors (Lipinski definition) is 0. The van der Waals surface area contributed by atoms with E-state index in [-0.39, 0.29) is 5.41 Å². The third-order valence-corrected chi connectivity index (χ3v) is 1.97. The van der Waals surface area contributed by atoms with Crippen LogP contribution in [-0.2, 0) is 0 Å². The highest BCUT2D eigenvalue weighted by molar-refractivity contribution is 5.53. The van der Waals surface area contributed by atoms with Crippen molar-refractivity contribution in [1.82, 2.24) is 5.01 Å². The second kappa shape index (κ2) is 5.69. The van der Waals surface area contributed by atoms with Gasteiger partial charge in [0.15, 0.2) is 0 Å². The van der Waals surface area contributed by atoms with Crippen LogP contribution in [0.3, 0.4) is 0 Å². The van der Waals surface area contributed by atoms with Gasteiger partial charge in [-0.25, -0.2) is 5.01 Å². The molecule has 0 atom stereocenters. The van der Waals surface area contributed by atoms with Gasteiger partial charge in [-0.05, 0) is 26.8 Å². The van der Waals surface area contributed by atoms with Gasteiger partial charge in [0.05, 0.1) is 0 Å². The molecule has 0 amide bonds. The van der Waals surface area contributed by atoms with E-state index in [1.807, 2.05) is 25.8 Å². The van der Waals surface area contributed by atoms with Gasteiger partial charge in [-0.3, -0.25) is 0 Å². The molecule has 0 saturated carbocycles. The summed E-state index contributed by atoms with van der Waals surface area (Å²) in [5.41, 5.74) is 3.03. The topological polar surface area (TPSA) is 15.6 Å². The normalized spacial score (nSPS) is 13.0. The number of nitrogens with zero attached hydrogens (tertiary/aromatic N) is 2. The first-order valence-corrected chi connectivity index (χ1v) is 5.52. The van der Waals surface area contributed by atoms with Crippen LogP contribution in [0.5, 0.6) is 0 Å². The molecule has 0 unspecified atom stereocenters. The minimum atomic E-state index is 0.00438. The Morgan fingerprint density at radius 1 is 1.19 bits per heavy atom. The van der Waals surface area contributed by atoms with E-state index in [2.05, 4.69) is 45.1 Å². The monoisotopic (exact) mass is 220 g/mol. The van der Waals surface area contributed by atoms with Crippen molar-refractivity contribution in [3.8, 4) is 0 Å². The number of rotatable bonds is 4. The molecule has 0 radical (unpaired) electrons. The van der Waals surface area contributed by atoms with Gasteiger partial charge in [-0.2, -0.15) is 5.10 Å². The van der Waals surface area contributed by atoms with Gasteiger partial charge >= 0.3 is 0 Å². The van der Waals surface area contributed by atoms with E-state index >= 15 is 0 Å². The molecular weight excluding hydrogens is 196 g/mol. The van der Waals surface area contributed by atoms with E-state index in [1.54, 1.807) is 6.21 Å². The molecule has 0 aliphatic heterocycles. The molecule has 2 nitrogen and oxygen atoms in total. The van der Waals surface area contributed by atoms with Crippen molar-refractivity contribution in [3.05, 3.63) is 36.2 Å². The van der Waals surface area contributed by atoms with Crippen LogP contribution in [0, 0.1) is 5.41 Å². The molecule has 0 N–H and O–H groups in total. The van der Waals surface area contributed by atoms with E-state index in [1.165, 1.54) is 0 Å². The van der Waals surface area contributed by atoms with Gasteiger partial charge in [-0.15, -0.1) is 0 Å². The van der Waals surface area contributed by atoms with Gasteiger partial charge in [0.2, 0.25) is 0 Å². The maximum Gasteiger partial charge on any atom is 0.0478 e. The molecule has 16 heavy (non-hydrogen) atoms. The van der Waals surface area contributed by atoms with E-state index in [9.17, 15) is 0 Å². The largest absolute Gasteiger partial charge is 0.243 e. The summed E-state index contributed by atoms with van der Waals surface area (Å²) in [6.07, 6.45) is 3.83. The maximum atomic E-state index is 4.34. The van der Waals surface area contributed by atoms with Crippen molar-refractivity contribution in [2.45, 2.75) is 41.5 Å². The van der Waals surface area contributed by atoms with Crippen molar-refractivity contribution in [1.29, 1.82) is 0 Å². The summed E-state index contributed by atoms with van der Waals surface area (Å²) in [6, 6.07) is 0. The number of hydrazone groups is 1. The third-order valence-electron chi connectivity index (χ3n) is 1.97. The molecule has 0 fully saturated rings. The first-order chi connectivity index (χ1) is 7.20. The van der Waals surface area contributed by atoms with Crippen LogP contribution in [-0.4, -0.2) is 11.2 Å². The highest BCUT2D eigenvalue weighted by atomic mass is 15.5. The molecule has 0 saturated heterocycles. The second-order valence-corrected chi connectivity index (χ2v) is 5.05. The van der Waals surface area contributed by atoms with Crippen molar-refractivity contribution in [3.63, 3.8) is 0 Å². The molecule has 0 aromatic rings. The zero-order chi connectivity index (χ0) is 12.9. The summed E-state index contributed by atoms with van der Waals surface area (Å²) in [7, 11) is 0. The highest BCUT2D eigenvalue weighted by Crippen LogP contribution is 2.31. The van der Waals surface area contributed by atoms with Crippen molar-refractivity contribution < 1.29 is 0 Å². The average molecular weight is 220 g/mol. The van der Waals surface area contributed by atoms with Crippen LogP contribution in [0.4, 0.5) is 0 Å². The molecule has 0 spiro atoms. The van der Waals surface area contributed by atoms with Crippen LogP contribution < -0.4 is 0 Å². The summed E-state index contributed by atoms with van der Waals surface area (Å²) >= 11 is 0. The third kappa shape index (κ3) is 4.47. The SMILES string of the molecule is C=C(C)/C=C(\N(/N=C\C)C(=C)C)C(C)(C)C. The van der Waals surface area contributed by atoms with E-state index < -0.39 is 0 Å². The van der Waals surface area contributed by atoms with Crippen molar-refractivity contribution >= 4 is 6.21 Å². The predicted molar refractivity (Wildman–Crippen MR) is 73.2 cm³/mol. The Morgan fingerprint density at radius 2 is 1.69 bits per heavy atom. The van der Waals surface area contributed by atoms with Gasteiger partial charge in [0.1, 0.15) is 0 Å². The molecule has 0 heterocycles. The predicted octanol–water partition coefficient (Wildman–Crippen LogP) is 4.33. The number of allylic oxidation sites excluding steroid dienone is 4. The van der Waals surface area contributed by atoms with Crippen LogP contribution in [0.1, 0.15) is 41.5 Å². The second-order valence-electron chi connectivity index (χ2n) is 5.05. The lowest BCUT2D eigenvalue weighted by atomic mass is 9.90. The molecule has 0 bridgehead atoms. The summed E-state index contributed by atoms with van der Waals surface area (Å²) in [4.78, 5) is 0.